The number of carboxylic acid groups (broad SMARTS) is 1. The number of methoxy groups -OCH3 is 1. The number of amides is 3. The van der Waals surface area contributed by atoms with Gasteiger partial charge in [0.1, 0.15) is 5.82 Å². The van der Waals surface area contributed by atoms with Gasteiger partial charge in [-0.3, -0.25) is 19.2 Å². The average Bonchev–Trinajstić information content (AvgIpc) is 4.08. The van der Waals surface area contributed by atoms with Gasteiger partial charge in [-0.1, -0.05) is 86.3 Å². The van der Waals surface area contributed by atoms with Gasteiger partial charge in [-0.05, 0) is 86.1 Å². The van der Waals surface area contributed by atoms with Crippen LogP contribution in [-0.2, 0) is 48.2 Å². The number of aliphatic carboxylic acids is 1. The minimum atomic E-state index is -0.954. The molecule has 2 heterocycles. The first kappa shape index (κ1) is 48.3. The van der Waals surface area contributed by atoms with Gasteiger partial charge in [0.25, 0.3) is 0 Å². The number of aromatic amines is 1. The molecule has 6 rings (SSSR count). The molecular formula is C47H64ClN9O7. The van der Waals surface area contributed by atoms with Crippen LogP contribution in [0.1, 0.15) is 114 Å². The molecule has 2 aliphatic carbocycles. The highest BCUT2D eigenvalue weighted by Gasteiger charge is 2.45. The Morgan fingerprint density at radius 1 is 0.969 bits per heavy atom. The number of unbranched alkanes of at least 4 members (excludes halogenated alkanes) is 2. The second-order valence-electron chi connectivity index (χ2n) is 17.3. The topological polar surface area (TPSA) is 215 Å². The number of H-pyrrole nitrogens is 1. The Morgan fingerprint density at radius 3 is 2.41 bits per heavy atom. The first-order valence-electron chi connectivity index (χ1n) is 22.9. The molecule has 2 fully saturated rings. The predicted molar refractivity (Wildman–Crippen MR) is 242 cm³/mol. The Bertz CT molecular complexity index is 2110. The number of imidazole rings is 1. The van der Waals surface area contributed by atoms with E-state index in [1.54, 1.807) is 7.11 Å². The minimum absolute atomic E-state index is 0.00403. The molecule has 2 saturated carbocycles. The van der Waals surface area contributed by atoms with E-state index >= 15 is 0 Å². The van der Waals surface area contributed by atoms with E-state index < -0.39 is 17.3 Å². The lowest BCUT2D eigenvalue weighted by Gasteiger charge is -2.34. The van der Waals surface area contributed by atoms with Crippen LogP contribution in [0.3, 0.4) is 0 Å². The number of nitrogens with zero attached hydrogens (tertiary/aromatic N) is 5. The van der Waals surface area contributed by atoms with Crippen LogP contribution >= 0.6 is 11.6 Å². The van der Waals surface area contributed by atoms with E-state index in [0.29, 0.717) is 95.1 Å². The largest absolute Gasteiger partial charge is 0.481 e. The summed E-state index contributed by atoms with van der Waals surface area (Å²) in [5.41, 5.74) is 4.02. The number of halogens is 1. The van der Waals surface area contributed by atoms with Crippen molar-refractivity contribution in [3.05, 3.63) is 70.8 Å². The van der Waals surface area contributed by atoms with E-state index in [4.69, 9.17) is 26.1 Å². The maximum atomic E-state index is 13.7. The van der Waals surface area contributed by atoms with Crippen molar-refractivity contribution in [2.45, 2.75) is 122 Å². The fourth-order valence-corrected chi connectivity index (χ4v) is 9.34. The van der Waals surface area contributed by atoms with Crippen LogP contribution in [0.4, 0.5) is 0 Å². The molecule has 2 aromatic heterocycles. The van der Waals surface area contributed by atoms with Crippen molar-refractivity contribution in [1.82, 2.24) is 46.1 Å². The van der Waals surface area contributed by atoms with E-state index in [-0.39, 0.29) is 49.3 Å². The molecule has 1 atom stereocenters. The maximum absolute atomic E-state index is 13.7. The van der Waals surface area contributed by atoms with Crippen LogP contribution in [0.15, 0.2) is 48.5 Å². The third-order valence-corrected chi connectivity index (χ3v) is 13.1. The molecule has 5 N–H and O–H groups in total. The molecule has 2 aromatic carbocycles. The van der Waals surface area contributed by atoms with Gasteiger partial charge in [0, 0.05) is 50.6 Å². The quantitative estimate of drug-likeness (QED) is 0.0443. The van der Waals surface area contributed by atoms with Gasteiger partial charge < -0.3 is 35.1 Å². The van der Waals surface area contributed by atoms with Gasteiger partial charge in [-0.2, -0.15) is 5.21 Å². The zero-order valence-electron chi connectivity index (χ0n) is 37.2. The Kier molecular flexibility index (Phi) is 18.3. The number of aryl methyl sites for hydroxylation is 1. The van der Waals surface area contributed by atoms with Gasteiger partial charge in [-0.25, -0.2) is 4.98 Å². The third kappa shape index (κ3) is 13.2. The van der Waals surface area contributed by atoms with Crippen molar-refractivity contribution in [1.29, 1.82) is 0 Å². The number of benzene rings is 2. The highest BCUT2D eigenvalue weighted by molar-refractivity contribution is 6.30. The average molecular weight is 903 g/mol. The van der Waals surface area contributed by atoms with Gasteiger partial charge in [0.05, 0.1) is 43.4 Å². The van der Waals surface area contributed by atoms with Crippen molar-refractivity contribution in [2.24, 2.45) is 17.3 Å². The van der Waals surface area contributed by atoms with Gasteiger partial charge >= 0.3 is 5.97 Å². The normalized spacial score (nSPS) is 17.5. The second kappa shape index (κ2) is 24.2. The summed E-state index contributed by atoms with van der Waals surface area (Å²) >= 11 is 6.71. The molecule has 346 valence electrons. The second-order valence-corrected chi connectivity index (χ2v) is 17.6. The van der Waals surface area contributed by atoms with Crippen molar-refractivity contribution in [2.75, 3.05) is 33.5 Å². The molecule has 64 heavy (non-hydrogen) atoms. The monoisotopic (exact) mass is 901 g/mol. The van der Waals surface area contributed by atoms with E-state index in [1.165, 1.54) is 0 Å². The number of carbonyl (C=O) groups is 4. The molecule has 16 nitrogen and oxygen atoms in total. The van der Waals surface area contributed by atoms with Gasteiger partial charge in [0.15, 0.2) is 5.15 Å². The number of aromatic nitrogens is 6. The molecular weight excluding hydrogens is 838 g/mol. The summed E-state index contributed by atoms with van der Waals surface area (Å²) in [7, 11) is 1.56. The Balaban J connectivity index is 0.919. The number of rotatable bonds is 25. The molecule has 0 aliphatic heterocycles. The Labute approximate surface area is 380 Å². The molecule has 1 unspecified atom stereocenters. The lowest BCUT2D eigenvalue weighted by atomic mass is 9.76. The van der Waals surface area contributed by atoms with Crippen molar-refractivity contribution in [3.63, 3.8) is 0 Å². The molecule has 0 bridgehead atoms. The van der Waals surface area contributed by atoms with Crippen molar-refractivity contribution in [3.8, 4) is 22.5 Å². The molecule has 0 radical (unpaired) electrons. The summed E-state index contributed by atoms with van der Waals surface area (Å²) in [4.78, 5) is 56.5. The SMILES string of the molecule is CCCCc1nc(Cl)c(CNC(=O)CCCCNC(=O)C2CCC(NC(=O)C3(CC(COCCOC)C(=O)O)CCCC3)CC2)n1Cc1ccc(-c2ccccc2-c2nn[nH]n2)cc1. The van der Waals surface area contributed by atoms with E-state index in [1.807, 2.05) is 24.3 Å². The number of nitrogens with one attached hydrogen (secondary N) is 4. The molecule has 2 aliphatic rings. The fourth-order valence-electron chi connectivity index (χ4n) is 9.07. The first-order chi connectivity index (χ1) is 31.1. The van der Waals surface area contributed by atoms with Crippen molar-refractivity contribution < 1.29 is 33.8 Å². The zero-order chi connectivity index (χ0) is 45.3. The molecule has 0 saturated heterocycles. The van der Waals surface area contributed by atoms with Crippen LogP contribution in [0.5, 0.6) is 0 Å². The molecule has 4 aromatic rings. The Morgan fingerprint density at radius 2 is 1.72 bits per heavy atom. The van der Waals surface area contributed by atoms with E-state index in [0.717, 1.165) is 65.9 Å². The maximum Gasteiger partial charge on any atom is 0.308 e. The molecule has 3 amide bonds. The highest BCUT2D eigenvalue weighted by Crippen LogP contribution is 2.44. The number of hydrogen-bond acceptors (Lipinski definition) is 10. The highest BCUT2D eigenvalue weighted by atomic mass is 35.5. The minimum Gasteiger partial charge on any atom is -0.481 e. The standard InChI is InChI=1S/C47H64ClN9O7/c1-3-4-13-40-52-42(48)39(57(40)30-32-15-17-33(18-16-32)37-11-5-6-12-38(37)43-53-55-56-54-43)29-50-41(58)14-7-10-25-49-44(59)34-19-21-36(22-20-34)51-46(62)47(23-8-9-24-47)28-35(45(60)61)31-64-27-26-63-2/h5-6,11-12,15-18,34-36H,3-4,7-10,13-14,19-31H2,1-2H3,(H,49,59)(H,50,58)(H,51,62)(H,60,61)(H,53,54,55,56). The third-order valence-electron chi connectivity index (χ3n) is 12.8. The number of ether oxygens (including phenoxy) is 2. The van der Waals surface area contributed by atoms with Gasteiger partial charge in [-0.15, -0.1) is 10.2 Å². The summed E-state index contributed by atoms with van der Waals surface area (Å²) in [5.74, 6) is -0.598. The number of carbonyl (C=O) groups excluding carboxylic acids is 3. The fraction of sp³-hybridized carbons (Fsp3) is 0.574. The summed E-state index contributed by atoms with van der Waals surface area (Å²) < 4.78 is 12.7. The number of carboxylic acids is 1. The number of hydrogen-bond donors (Lipinski definition) is 5. The summed E-state index contributed by atoms with van der Waals surface area (Å²) in [6.07, 6.45) is 10.4. The van der Waals surface area contributed by atoms with Crippen LogP contribution in [0.2, 0.25) is 5.15 Å². The lowest BCUT2D eigenvalue weighted by molar-refractivity contribution is -0.147. The van der Waals surface area contributed by atoms with E-state index in [9.17, 15) is 24.3 Å². The molecule has 0 spiro atoms. The summed E-state index contributed by atoms with van der Waals surface area (Å²) in [6.45, 7) is 4.15. The van der Waals surface area contributed by atoms with Crippen LogP contribution in [0.25, 0.3) is 22.5 Å². The van der Waals surface area contributed by atoms with Crippen molar-refractivity contribution >= 4 is 35.3 Å². The summed E-state index contributed by atoms with van der Waals surface area (Å²) in [5, 5.41) is 34.2. The predicted octanol–water partition coefficient (Wildman–Crippen LogP) is 6.67. The Hall–Kier alpha value is -5.19. The van der Waals surface area contributed by atoms with Crippen LogP contribution in [-0.4, -0.2) is 98.5 Å². The first-order valence-corrected chi connectivity index (χ1v) is 23.3. The van der Waals surface area contributed by atoms with Crippen LogP contribution in [0, 0.1) is 17.3 Å². The summed E-state index contributed by atoms with van der Waals surface area (Å²) in [6, 6.07) is 16.2. The molecule has 17 heteroatoms. The smallest absolute Gasteiger partial charge is 0.308 e. The lowest BCUT2D eigenvalue weighted by Crippen LogP contribution is -2.48. The van der Waals surface area contributed by atoms with Crippen LogP contribution < -0.4 is 16.0 Å². The van der Waals surface area contributed by atoms with E-state index in [2.05, 4.69) is 72.3 Å². The number of tetrazole rings is 1. The zero-order valence-corrected chi connectivity index (χ0v) is 38.0. The van der Waals surface area contributed by atoms with Gasteiger partial charge in [0.2, 0.25) is 23.5 Å².